The van der Waals surface area contributed by atoms with Crippen molar-refractivity contribution < 1.29 is 8.78 Å². The van der Waals surface area contributed by atoms with Crippen molar-refractivity contribution in [2.75, 3.05) is 0 Å². The van der Waals surface area contributed by atoms with E-state index in [1.165, 1.54) is 11.6 Å². The van der Waals surface area contributed by atoms with Crippen LogP contribution in [-0.2, 0) is 6.42 Å². The van der Waals surface area contributed by atoms with Gasteiger partial charge in [0.2, 0.25) is 0 Å². The van der Waals surface area contributed by atoms with Gasteiger partial charge in [-0.25, -0.2) is 8.78 Å². The molecule has 0 spiro atoms. The molecule has 3 heteroatoms. The fraction of sp³-hybridized carbons (Fsp3) is 0.0952. The highest BCUT2D eigenvalue weighted by molar-refractivity contribution is 5.89. The molecule has 0 fully saturated rings. The monoisotopic (exact) mass is 319 g/mol. The van der Waals surface area contributed by atoms with E-state index in [0.717, 1.165) is 24.0 Å². The van der Waals surface area contributed by atoms with E-state index in [-0.39, 0.29) is 5.39 Å². The lowest BCUT2D eigenvalue weighted by Crippen LogP contribution is -1.92. The lowest BCUT2D eigenvalue weighted by molar-refractivity contribution is 0.585. The third-order valence-electron chi connectivity index (χ3n) is 4.06. The molecule has 0 unspecified atom stereocenters. The molecule has 0 radical (unpaired) electrons. The summed E-state index contributed by atoms with van der Waals surface area (Å²) in [7, 11) is 0. The second kappa shape index (κ2) is 6.64. The molecule has 24 heavy (non-hydrogen) atoms. The van der Waals surface area contributed by atoms with Crippen LogP contribution in [0.5, 0.6) is 0 Å². The minimum atomic E-state index is -0.834. The largest absolute Gasteiger partial charge is 0.205 e. The number of fused-ring (bicyclic) bond motifs is 1. The third kappa shape index (κ3) is 2.91. The van der Waals surface area contributed by atoms with Gasteiger partial charge in [-0.15, -0.1) is 6.58 Å². The topological polar surface area (TPSA) is 23.8 Å². The number of hydrogen-bond donors (Lipinski definition) is 0. The quantitative estimate of drug-likeness (QED) is 0.560. The molecule has 0 aliphatic carbocycles. The van der Waals surface area contributed by atoms with Gasteiger partial charge in [-0.2, -0.15) is 5.26 Å². The van der Waals surface area contributed by atoms with E-state index in [1.807, 2.05) is 30.3 Å². The first kappa shape index (κ1) is 15.9. The summed E-state index contributed by atoms with van der Waals surface area (Å²) in [5, 5.41) is 9.53. The molecule has 0 bridgehead atoms. The zero-order chi connectivity index (χ0) is 17.1. The molecule has 0 aromatic heterocycles. The first-order chi connectivity index (χ1) is 11.6. The summed E-state index contributed by atoms with van der Waals surface area (Å²) in [5.41, 5.74) is 2.53. The summed E-state index contributed by atoms with van der Waals surface area (Å²) >= 11 is 0. The van der Waals surface area contributed by atoms with Crippen molar-refractivity contribution in [1.82, 2.24) is 0 Å². The molecule has 0 amide bonds. The molecular weight excluding hydrogens is 304 g/mol. The Labute approximate surface area is 139 Å². The smallest absolute Gasteiger partial charge is 0.151 e. The number of hydrogen-bond acceptors (Lipinski definition) is 1. The van der Waals surface area contributed by atoms with Gasteiger partial charge in [-0.05, 0) is 47.1 Å². The molecule has 0 N–H and O–H groups in total. The number of nitriles is 1. The maximum Gasteiger partial charge on any atom is 0.151 e. The molecule has 3 rings (SSSR count). The first-order valence-corrected chi connectivity index (χ1v) is 7.66. The molecule has 3 aromatic rings. The van der Waals surface area contributed by atoms with Gasteiger partial charge in [-0.1, -0.05) is 42.5 Å². The van der Waals surface area contributed by atoms with Crippen molar-refractivity contribution in [2.45, 2.75) is 12.8 Å². The van der Waals surface area contributed by atoms with Crippen molar-refractivity contribution in [3.63, 3.8) is 0 Å². The summed E-state index contributed by atoms with van der Waals surface area (Å²) in [6.45, 7) is 3.71. The van der Waals surface area contributed by atoms with Crippen LogP contribution in [0, 0.1) is 23.0 Å². The van der Waals surface area contributed by atoms with Crippen LogP contribution in [0.2, 0.25) is 0 Å². The molecule has 1 nitrogen and oxygen atoms in total. The van der Waals surface area contributed by atoms with E-state index in [1.54, 1.807) is 24.3 Å². The summed E-state index contributed by atoms with van der Waals surface area (Å²) in [6, 6.07) is 16.0. The predicted molar refractivity (Wildman–Crippen MR) is 92.5 cm³/mol. The Kier molecular flexibility index (Phi) is 4.39. The van der Waals surface area contributed by atoms with Crippen LogP contribution in [0.15, 0.2) is 61.2 Å². The molecule has 0 heterocycles. The summed E-state index contributed by atoms with van der Waals surface area (Å²) in [4.78, 5) is 0. The number of allylic oxidation sites excluding steroid dienone is 1. The van der Waals surface area contributed by atoms with Crippen molar-refractivity contribution in [1.29, 1.82) is 5.26 Å². The normalized spacial score (nSPS) is 10.5. The Morgan fingerprint density at radius 2 is 1.71 bits per heavy atom. The standard InChI is InChI=1S/C21H15F2N/c1-2-3-4-14-5-7-15(8-6-14)16-9-10-18-17(11-16)12-20(22)19(13-24)21(18)23/h2,5-12H,1,3-4H2. The van der Waals surface area contributed by atoms with Crippen LogP contribution >= 0.6 is 0 Å². The Morgan fingerprint density at radius 3 is 2.38 bits per heavy atom. The van der Waals surface area contributed by atoms with Crippen molar-refractivity contribution in [3.8, 4) is 17.2 Å². The molecule has 0 saturated carbocycles. The molecule has 0 aliphatic heterocycles. The maximum atomic E-state index is 14.2. The Hall–Kier alpha value is -2.99. The predicted octanol–water partition coefficient (Wildman–Crippen LogP) is 5.78. The molecular formula is C21H15F2N. The lowest BCUT2D eigenvalue weighted by atomic mass is 9.98. The number of rotatable bonds is 4. The van der Waals surface area contributed by atoms with Crippen molar-refractivity contribution >= 4 is 10.8 Å². The zero-order valence-corrected chi connectivity index (χ0v) is 13.0. The molecule has 3 aromatic carbocycles. The van der Waals surface area contributed by atoms with Crippen LogP contribution in [-0.4, -0.2) is 0 Å². The van der Waals surface area contributed by atoms with Crippen LogP contribution in [0.1, 0.15) is 17.5 Å². The number of nitrogens with zero attached hydrogens (tertiary/aromatic N) is 1. The van der Waals surface area contributed by atoms with E-state index in [9.17, 15) is 8.78 Å². The highest BCUT2D eigenvalue weighted by Crippen LogP contribution is 2.29. The van der Waals surface area contributed by atoms with Gasteiger partial charge >= 0.3 is 0 Å². The second-order valence-corrected chi connectivity index (χ2v) is 5.62. The van der Waals surface area contributed by atoms with Gasteiger partial charge in [0.25, 0.3) is 0 Å². The minimum Gasteiger partial charge on any atom is -0.205 e. The van der Waals surface area contributed by atoms with Crippen molar-refractivity contribution in [2.24, 2.45) is 0 Å². The zero-order valence-electron chi connectivity index (χ0n) is 13.0. The van der Waals surface area contributed by atoms with E-state index < -0.39 is 17.2 Å². The Bertz CT molecular complexity index is 950. The van der Waals surface area contributed by atoms with Crippen LogP contribution in [0.4, 0.5) is 8.78 Å². The average Bonchev–Trinajstić information content (AvgIpc) is 2.60. The first-order valence-electron chi connectivity index (χ1n) is 7.66. The molecule has 0 saturated heterocycles. The third-order valence-corrected chi connectivity index (χ3v) is 4.06. The SMILES string of the molecule is C=CCCc1ccc(-c2ccc3c(F)c(C#N)c(F)cc3c2)cc1. The van der Waals surface area contributed by atoms with Crippen LogP contribution < -0.4 is 0 Å². The van der Waals surface area contributed by atoms with Crippen LogP contribution in [0.25, 0.3) is 21.9 Å². The highest BCUT2D eigenvalue weighted by atomic mass is 19.1. The Morgan fingerprint density at radius 1 is 1.00 bits per heavy atom. The fourth-order valence-corrected chi connectivity index (χ4v) is 2.74. The fourth-order valence-electron chi connectivity index (χ4n) is 2.74. The van der Waals surface area contributed by atoms with Gasteiger partial charge in [0.05, 0.1) is 0 Å². The number of benzene rings is 3. The van der Waals surface area contributed by atoms with E-state index in [0.29, 0.717) is 5.39 Å². The van der Waals surface area contributed by atoms with Gasteiger partial charge in [0, 0.05) is 5.39 Å². The number of aryl methyl sites for hydroxylation is 1. The van der Waals surface area contributed by atoms with Crippen LogP contribution in [0.3, 0.4) is 0 Å². The van der Waals surface area contributed by atoms with Gasteiger partial charge in [0.1, 0.15) is 17.4 Å². The summed E-state index contributed by atoms with van der Waals surface area (Å²) in [5.74, 6) is -1.64. The van der Waals surface area contributed by atoms with Gasteiger partial charge < -0.3 is 0 Å². The van der Waals surface area contributed by atoms with E-state index in [2.05, 4.69) is 6.58 Å². The van der Waals surface area contributed by atoms with E-state index >= 15 is 0 Å². The number of halogens is 2. The second-order valence-electron chi connectivity index (χ2n) is 5.62. The summed E-state index contributed by atoms with van der Waals surface area (Å²) in [6.07, 6.45) is 3.75. The Balaban J connectivity index is 2.02. The molecule has 0 aliphatic rings. The lowest BCUT2D eigenvalue weighted by Gasteiger charge is -2.07. The summed E-state index contributed by atoms with van der Waals surface area (Å²) < 4.78 is 28.0. The molecule has 0 atom stereocenters. The highest BCUT2D eigenvalue weighted by Gasteiger charge is 2.13. The van der Waals surface area contributed by atoms with Crippen molar-refractivity contribution in [3.05, 3.63) is 83.9 Å². The van der Waals surface area contributed by atoms with Gasteiger partial charge in [-0.3, -0.25) is 0 Å². The maximum absolute atomic E-state index is 14.2. The average molecular weight is 319 g/mol. The van der Waals surface area contributed by atoms with Gasteiger partial charge in [0.15, 0.2) is 5.82 Å². The minimum absolute atomic E-state index is 0.249. The molecule has 118 valence electrons. The van der Waals surface area contributed by atoms with E-state index in [4.69, 9.17) is 5.26 Å².